The molecule has 0 N–H and O–H groups in total. The van der Waals surface area contributed by atoms with E-state index in [0.29, 0.717) is 24.6 Å². The molecule has 0 saturated carbocycles. The minimum absolute atomic E-state index is 0.168. The fourth-order valence-electron chi connectivity index (χ4n) is 2.61. The lowest BCUT2D eigenvalue weighted by Crippen LogP contribution is -2.32. The fourth-order valence-corrected chi connectivity index (χ4v) is 3.32. The highest BCUT2D eigenvalue weighted by Crippen LogP contribution is 2.30. The van der Waals surface area contributed by atoms with E-state index in [1.54, 1.807) is 12.0 Å². The van der Waals surface area contributed by atoms with Gasteiger partial charge in [0.05, 0.1) is 7.11 Å². The number of benzene rings is 2. The summed E-state index contributed by atoms with van der Waals surface area (Å²) in [4.78, 5) is 13.8. The molecule has 0 spiro atoms. The zero-order valence-corrected chi connectivity index (χ0v) is 15.0. The SMILES string of the molecule is C=CC(=O)N(CCS(=O)CC)Cc1ccc2ccccc2c1OC. The maximum absolute atomic E-state index is 12.1. The Morgan fingerprint density at radius 1 is 1.29 bits per heavy atom. The van der Waals surface area contributed by atoms with Gasteiger partial charge in [-0.1, -0.05) is 49.9 Å². The minimum atomic E-state index is -0.913. The van der Waals surface area contributed by atoms with Crippen LogP contribution in [0, 0.1) is 0 Å². The molecule has 0 saturated heterocycles. The summed E-state index contributed by atoms with van der Waals surface area (Å²) in [5, 5.41) is 2.10. The van der Waals surface area contributed by atoms with E-state index < -0.39 is 10.8 Å². The standard InChI is InChI=1S/C19H23NO3S/c1-4-18(21)20(12-13-24(22)5-2)14-16-11-10-15-8-6-7-9-17(15)19(16)23-3/h4,6-11H,1,5,12-14H2,2-3H3. The maximum atomic E-state index is 12.1. The molecule has 0 radical (unpaired) electrons. The van der Waals surface area contributed by atoms with Gasteiger partial charge in [-0.2, -0.15) is 0 Å². The van der Waals surface area contributed by atoms with Crippen LogP contribution in [0.5, 0.6) is 5.75 Å². The number of ether oxygens (including phenoxy) is 1. The molecule has 1 amide bonds. The van der Waals surface area contributed by atoms with Crippen molar-refractivity contribution >= 4 is 27.5 Å². The number of rotatable bonds is 8. The van der Waals surface area contributed by atoms with Crippen molar-refractivity contribution in [3.05, 3.63) is 54.6 Å². The smallest absolute Gasteiger partial charge is 0.246 e. The molecular formula is C19H23NO3S. The molecule has 0 bridgehead atoms. The average Bonchev–Trinajstić information content (AvgIpc) is 2.63. The Kier molecular flexibility index (Phi) is 6.55. The molecule has 1 atom stereocenters. The van der Waals surface area contributed by atoms with E-state index in [9.17, 15) is 9.00 Å². The monoisotopic (exact) mass is 345 g/mol. The van der Waals surface area contributed by atoms with Crippen molar-refractivity contribution in [1.82, 2.24) is 4.90 Å². The molecule has 0 aliphatic carbocycles. The second-order valence-electron chi connectivity index (χ2n) is 5.38. The van der Waals surface area contributed by atoms with Gasteiger partial charge in [0.1, 0.15) is 5.75 Å². The molecule has 0 aliphatic heterocycles. The van der Waals surface area contributed by atoms with Gasteiger partial charge in [0.25, 0.3) is 0 Å². The van der Waals surface area contributed by atoms with Gasteiger partial charge in [-0.25, -0.2) is 0 Å². The highest BCUT2D eigenvalue weighted by molar-refractivity contribution is 7.84. The van der Waals surface area contributed by atoms with Gasteiger partial charge in [0.15, 0.2) is 0 Å². The summed E-state index contributed by atoms with van der Waals surface area (Å²) in [7, 11) is 0.723. The normalized spacial score (nSPS) is 11.9. The third-order valence-electron chi connectivity index (χ3n) is 3.92. The van der Waals surface area contributed by atoms with Crippen molar-refractivity contribution in [3.8, 4) is 5.75 Å². The van der Waals surface area contributed by atoms with Gasteiger partial charge in [-0.3, -0.25) is 9.00 Å². The van der Waals surface area contributed by atoms with E-state index >= 15 is 0 Å². The summed E-state index contributed by atoms with van der Waals surface area (Å²) in [6.45, 7) is 6.28. The van der Waals surface area contributed by atoms with E-state index in [2.05, 4.69) is 6.58 Å². The van der Waals surface area contributed by atoms with Crippen LogP contribution in [0.3, 0.4) is 0 Å². The first kappa shape index (κ1) is 18.2. The molecule has 2 aromatic rings. The predicted molar refractivity (Wildman–Crippen MR) is 99.7 cm³/mol. The Bertz CT molecular complexity index is 757. The van der Waals surface area contributed by atoms with E-state index in [-0.39, 0.29) is 5.91 Å². The number of hydrogen-bond acceptors (Lipinski definition) is 3. The van der Waals surface area contributed by atoms with E-state index in [1.807, 2.05) is 43.3 Å². The van der Waals surface area contributed by atoms with Gasteiger partial charge >= 0.3 is 0 Å². The Labute approximate surface area is 145 Å². The number of methoxy groups -OCH3 is 1. The Morgan fingerprint density at radius 2 is 2.04 bits per heavy atom. The van der Waals surface area contributed by atoms with Gasteiger partial charge in [-0.05, 0) is 11.5 Å². The number of hydrogen-bond donors (Lipinski definition) is 0. The third-order valence-corrected chi connectivity index (χ3v) is 5.21. The van der Waals surface area contributed by atoms with Crippen molar-refractivity contribution in [3.63, 3.8) is 0 Å². The largest absolute Gasteiger partial charge is 0.496 e. The van der Waals surface area contributed by atoms with E-state index in [0.717, 1.165) is 22.1 Å². The van der Waals surface area contributed by atoms with Gasteiger partial charge in [0.2, 0.25) is 5.91 Å². The van der Waals surface area contributed by atoms with Crippen LogP contribution >= 0.6 is 0 Å². The second-order valence-corrected chi connectivity index (χ2v) is 7.24. The van der Waals surface area contributed by atoms with Crippen molar-refractivity contribution in [1.29, 1.82) is 0 Å². The fraction of sp³-hybridized carbons (Fsp3) is 0.316. The lowest BCUT2D eigenvalue weighted by atomic mass is 10.0. The molecular weight excluding hydrogens is 322 g/mol. The number of nitrogens with zero attached hydrogens (tertiary/aromatic N) is 1. The van der Waals surface area contributed by atoms with Crippen LogP contribution in [-0.2, 0) is 22.1 Å². The summed E-state index contributed by atoms with van der Waals surface area (Å²) in [6.07, 6.45) is 1.29. The van der Waals surface area contributed by atoms with Gasteiger partial charge in [-0.15, -0.1) is 0 Å². The Morgan fingerprint density at radius 3 is 2.71 bits per heavy atom. The number of carbonyl (C=O) groups is 1. The van der Waals surface area contributed by atoms with Crippen molar-refractivity contribution in [2.75, 3.05) is 25.2 Å². The van der Waals surface area contributed by atoms with Crippen LogP contribution < -0.4 is 4.74 Å². The second kappa shape index (κ2) is 8.64. The molecule has 2 aromatic carbocycles. The number of amides is 1. The minimum Gasteiger partial charge on any atom is -0.496 e. The highest BCUT2D eigenvalue weighted by Gasteiger charge is 2.16. The summed E-state index contributed by atoms with van der Waals surface area (Å²) >= 11 is 0. The first-order valence-electron chi connectivity index (χ1n) is 7.91. The molecule has 5 heteroatoms. The van der Waals surface area contributed by atoms with Crippen molar-refractivity contribution < 1.29 is 13.7 Å². The molecule has 0 aromatic heterocycles. The van der Waals surface area contributed by atoms with Gasteiger partial charge < -0.3 is 9.64 Å². The zero-order valence-electron chi connectivity index (χ0n) is 14.2. The predicted octanol–water partition coefficient (Wildman–Crippen LogP) is 3.13. The highest BCUT2D eigenvalue weighted by atomic mass is 32.2. The molecule has 0 aliphatic rings. The summed E-state index contributed by atoms with van der Waals surface area (Å²) < 4.78 is 17.3. The zero-order chi connectivity index (χ0) is 17.5. The first-order valence-corrected chi connectivity index (χ1v) is 9.40. The van der Waals surface area contributed by atoms with Crippen LogP contribution in [0.2, 0.25) is 0 Å². The van der Waals surface area contributed by atoms with Crippen LogP contribution in [0.15, 0.2) is 49.1 Å². The van der Waals surface area contributed by atoms with Crippen molar-refractivity contribution in [2.24, 2.45) is 0 Å². The summed E-state index contributed by atoms with van der Waals surface area (Å²) in [6, 6.07) is 12.0. The Balaban J connectivity index is 2.31. The van der Waals surface area contributed by atoms with E-state index in [1.165, 1.54) is 6.08 Å². The molecule has 0 fully saturated rings. The topological polar surface area (TPSA) is 46.6 Å². The summed E-state index contributed by atoms with van der Waals surface area (Å²) in [5.74, 6) is 1.66. The lowest BCUT2D eigenvalue weighted by molar-refractivity contribution is -0.126. The molecule has 0 heterocycles. The average molecular weight is 345 g/mol. The van der Waals surface area contributed by atoms with Crippen LogP contribution in [0.25, 0.3) is 10.8 Å². The van der Waals surface area contributed by atoms with E-state index in [4.69, 9.17) is 4.74 Å². The first-order chi connectivity index (χ1) is 11.6. The molecule has 24 heavy (non-hydrogen) atoms. The summed E-state index contributed by atoms with van der Waals surface area (Å²) in [5.41, 5.74) is 0.925. The number of fused-ring (bicyclic) bond motifs is 1. The van der Waals surface area contributed by atoms with Crippen LogP contribution in [-0.4, -0.2) is 40.2 Å². The van der Waals surface area contributed by atoms with Crippen LogP contribution in [0.1, 0.15) is 12.5 Å². The molecule has 4 nitrogen and oxygen atoms in total. The molecule has 2 rings (SSSR count). The number of carbonyl (C=O) groups excluding carboxylic acids is 1. The van der Waals surface area contributed by atoms with Gasteiger partial charge in [0, 0.05) is 46.3 Å². The molecule has 128 valence electrons. The van der Waals surface area contributed by atoms with Crippen molar-refractivity contribution in [2.45, 2.75) is 13.5 Å². The third kappa shape index (κ3) is 4.23. The maximum Gasteiger partial charge on any atom is 0.246 e. The van der Waals surface area contributed by atoms with Crippen LogP contribution in [0.4, 0.5) is 0 Å². The molecule has 1 unspecified atom stereocenters. The quantitative estimate of drug-likeness (QED) is 0.691. The Hall–Kier alpha value is -2.14. The lowest BCUT2D eigenvalue weighted by Gasteiger charge is -2.23.